The fraction of sp³-hybridized carbons (Fsp3) is 0.250. The molecule has 1 aromatic carbocycles. The summed E-state index contributed by atoms with van der Waals surface area (Å²) in [4.78, 5) is 20.8. The molecule has 3 aromatic rings. The molecule has 1 saturated carbocycles. The maximum absolute atomic E-state index is 13.4. The van der Waals surface area contributed by atoms with Crippen LogP contribution in [0.25, 0.3) is 10.9 Å². The first-order valence-corrected chi connectivity index (χ1v) is 8.54. The number of aliphatic hydroxyl groups is 1. The maximum Gasteiger partial charge on any atom is 0.253 e. The zero-order valence-electron chi connectivity index (χ0n) is 14.0. The summed E-state index contributed by atoms with van der Waals surface area (Å²) in [6.45, 7) is 0. The first kappa shape index (κ1) is 16.6. The lowest BCUT2D eigenvalue weighted by Gasteiger charge is -2.38. The second-order valence-electron chi connectivity index (χ2n) is 6.69. The number of aromatic nitrogens is 2. The van der Waals surface area contributed by atoms with Gasteiger partial charge in [0.15, 0.2) is 0 Å². The van der Waals surface area contributed by atoms with Crippen molar-refractivity contribution in [2.45, 2.75) is 25.0 Å². The molecular weight excluding hydrogens is 333 g/mol. The molecule has 0 aliphatic heterocycles. The molecule has 0 bridgehead atoms. The smallest absolute Gasteiger partial charge is 0.253 e. The highest BCUT2D eigenvalue weighted by Crippen LogP contribution is 2.38. The Kier molecular flexibility index (Phi) is 4.34. The van der Waals surface area contributed by atoms with E-state index < -0.39 is 11.7 Å². The number of aliphatic hydroxyl groups excluding tert-OH is 1. The van der Waals surface area contributed by atoms with Crippen LogP contribution in [0.5, 0.6) is 0 Å². The van der Waals surface area contributed by atoms with E-state index in [0.29, 0.717) is 12.8 Å². The standard InChI is InChI=1S/C20H18FN3O2/c21-16-6-15(9-22-11-16)20(26)24-19(13-7-17(25)8-13)14-5-12-3-1-2-4-18(12)23-10-14/h1-6,9-11,13,17,19,25H,7-8H2,(H,24,26)/t13?,17?,19-/m0/s1. The van der Waals surface area contributed by atoms with Crippen LogP contribution < -0.4 is 5.32 Å². The number of nitrogens with zero attached hydrogens (tertiary/aromatic N) is 2. The summed E-state index contributed by atoms with van der Waals surface area (Å²) >= 11 is 0. The normalized spacial score (nSPS) is 20.4. The summed E-state index contributed by atoms with van der Waals surface area (Å²) in [6, 6.07) is 10.6. The highest BCUT2D eigenvalue weighted by atomic mass is 19.1. The number of halogens is 1. The molecular formula is C20H18FN3O2. The van der Waals surface area contributed by atoms with Crippen LogP contribution in [0.4, 0.5) is 4.39 Å². The van der Waals surface area contributed by atoms with E-state index in [2.05, 4.69) is 15.3 Å². The van der Waals surface area contributed by atoms with Crippen LogP contribution in [0.15, 0.2) is 55.0 Å². The van der Waals surface area contributed by atoms with Crippen LogP contribution in [-0.4, -0.2) is 27.1 Å². The molecule has 4 rings (SSSR count). The van der Waals surface area contributed by atoms with Gasteiger partial charge in [0.05, 0.1) is 29.4 Å². The van der Waals surface area contributed by atoms with Gasteiger partial charge in [-0.15, -0.1) is 0 Å². The van der Waals surface area contributed by atoms with Crippen LogP contribution >= 0.6 is 0 Å². The average Bonchev–Trinajstić information content (AvgIpc) is 2.63. The van der Waals surface area contributed by atoms with E-state index in [1.807, 2.05) is 30.3 Å². The Morgan fingerprint density at radius 3 is 2.77 bits per heavy atom. The maximum atomic E-state index is 13.4. The summed E-state index contributed by atoms with van der Waals surface area (Å²) in [5, 5.41) is 13.6. The Balaban J connectivity index is 1.64. The van der Waals surface area contributed by atoms with E-state index in [1.165, 1.54) is 6.20 Å². The lowest BCUT2D eigenvalue weighted by Crippen LogP contribution is -2.41. The van der Waals surface area contributed by atoms with Crippen molar-refractivity contribution in [2.75, 3.05) is 0 Å². The first-order chi connectivity index (χ1) is 12.6. The molecule has 1 amide bonds. The average molecular weight is 351 g/mol. The number of carbonyl (C=O) groups is 1. The number of pyridine rings is 2. The number of carbonyl (C=O) groups excluding carboxylic acids is 1. The van der Waals surface area contributed by atoms with Crippen molar-refractivity contribution in [1.29, 1.82) is 0 Å². The van der Waals surface area contributed by atoms with Crippen molar-refractivity contribution in [1.82, 2.24) is 15.3 Å². The predicted molar refractivity (Wildman–Crippen MR) is 94.9 cm³/mol. The lowest BCUT2D eigenvalue weighted by molar-refractivity contribution is 0.0235. The van der Waals surface area contributed by atoms with Crippen molar-refractivity contribution in [3.8, 4) is 0 Å². The molecule has 1 aliphatic carbocycles. The number of fused-ring (bicyclic) bond motifs is 1. The van der Waals surface area contributed by atoms with Crippen molar-refractivity contribution in [2.24, 2.45) is 5.92 Å². The fourth-order valence-corrected chi connectivity index (χ4v) is 3.39. The Hall–Kier alpha value is -2.86. The summed E-state index contributed by atoms with van der Waals surface area (Å²) in [5.74, 6) is -0.837. The SMILES string of the molecule is O=C(N[C@H](c1cnc2ccccc2c1)C1CC(O)C1)c1cncc(F)c1. The minimum Gasteiger partial charge on any atom is -0.393 e. The van der Waals surface area contributed by atoms with Gasteiger partial charge in [-0.1, -0.05) is 18.2 Å². The molecule has 0 spiro atoms. The second kappa shape index (κ2) is 6.80. The molecule has 2 aromatic heterocycles. The van der Waals surface area contributed by atoms with Crippen LogP contribution in [0.2, 0.25) is 0 Å². The number of para-hydroxylation sites is 1. The molecule has 132 valence electrons. The summed E-state index contributed by atoms with van der Waals surface area (Å²) in [7, 11) is 0. The van der Waals surface area contributed by atoms with E-state index in [0.717, 1.165) is 28.7 Å². The van der Waals surface area contributed by atoms with Crippen LogP contribution in [0, 0.1) is 11.7 Å². The number of benzene rings is 1. The van der Waals surface area contributed by atoms with Crippen LogP contribution in [0.1, 0.15) is 34.8 Å². The third-order valence-corrected chi connectivity index (χ3v) is 4.85. The van der Waals surface area contributed by atoms with Gasteiger partial charge in [-0.05, 0) is 42.5 Å². The van der Waals surface area contributed by atoms with Gasteiger partial charge in [0.2, 0.25) is 0 Å². The minimum absolute atomic E-state index is 0.110. The first-order valence-electron chi connectivity index (χ1n) is 8.54. The van der Waals surface area contributed by atoms with Crippen molar-refractivity contribution < 1.29 is 14.3 Å². The van der Waals surface area contributed by atoms with Crippen molar-refractivity contribution in [3.63, 3.8) is 0 Å². The topological polar surface area (TPSA) is 75.1 Å². The summed E-state index contributed by atoms with van der Waals surface area (Å²) in [5.41, 5.74) is 1.92. The quantitative estimate of drug-likeness (QED) is 0.758. The van der Waals surface area contributed by atoms with Crippen molar-refractivity contribution in [3.05, 3.63) is 71.9 Å². The monoisotopic (exact) mass is 351 g/mol. The zero-order chi connectivity index (χ0) is 18.1. The van der Waals surface area contributed by atoms with E-state index in [1.54, 1.807) is 6.20 Å². The van der Waals surface area contributed by atoms with E-state index in [4.69, 9.17) is 0 Å². The number of hydrogen-bond acceptors (Lipinski definition) is 4. The molecule has 26 heavy (non-hydrogen) atoms. The molecule has 0 saturated heterocycles. The van der Waals surface area contributed by atoms with Gasteiger partial charge in [0.25, 0.3) is 5.91 Å². The molecule has 0 radical (unpaired) electrons. The summed E-state index contributed by atoms with van der Waals surface area (Å²) < 4.78 is 13.4. The van der Waals surface area contributed by atoms with E-state index in [-0.39, 0.29) is 23.6 Å². The number of amides is 1. The molecule has 1 atom stereocenters. The van der Waals surface area contributed by atoms with E-state index >= 15 is 0 Å². The minimum atomic E-state index is -0.555. The van der Waals surface area contributed by atoms with Gasteiger partial charge in [-0.2, -0.15) is 0 Å². The predicted octanol–water partition coefficient (Wildman–Crippen LogP) is 3.01. The molecule has 1 fully saturated rings. The number of hydrogen-bond donors (Lipinski definition) is 2. The van der Waals surface area contributed by atoms with Gasteiger partial charge in [-0.25, -0.2) is 4.39 Å². The van der Waals surface area contributed by atoms with Crippen LogP contribution in [0.3, 0.4) is 0 Å². The van der Waals surface area contributed by atoms with Gasteiger partial charge >= 0.3 is 0 Å². The van der Waals surface area contributed by atoms with Crippen molar-refractivity contribution >= 4 is 16.8 Å². The fourth-order valence-electron chi connectivity index (χ4n) is 3.39. The Labute approximate surface area is 149 Å². The van der Waals surface area contributed by atoms with Gasteiger partial charge in [0.1, 0.15) is 5.82 Å². The highest BCUT2D eigenvalue weighted by Gasteiger charge is 2.36. The molecule has 0 unspecified atom stereocenters. The molecule has 2 heterocycles. The molecule has 2 N–H and O–H groups in total. The van der Waals surface area contributed by atoms with Crippen LogP contribution in [-0.2, 0) is 0 Å². The third-order valence-electron chi connectivity index (χ3n) is 4.85. The zero-order valence-corrected chi connectivity index (χ0v) is 14.0. The Bertz CT molecular complexity index is 956. The summed E-state index contributed by atoms with van der Waals surface area (Å²) in [6.07, 6.45) is 5.02. The molecule has 5 nitrogen and oxygen atoms in total. The highest BCUT2D eigenvalue weighted by molar-refractivity contribution is 5.94. The second-order valence-corrected chi connectivity index (χ2v) is 6.69. The Morgan fingerprint density at radius 2 is 2.00 bits per heavy atom. The number of rotatable bonds is 4. The van der Waals surface area contributed by atoms with E-state index in [9.17, 15) is 14.3 Å². The number of nitrogens with one attached hydrogen (secondary N) is 1. The van der Waals surface area contributed by atoms with Gasteiger partial charge < -0.3 is 10.4 Å². The largest absolute Gasteiger partial charge is 0.393 e. The molecule has 1 aliphatic rings. The van der Waals surface area contributed by atoms with Gasteiger partial charge in [-0.3, -0.25) is 14.8 Å². The van der Waals surface area contributed by atoms with Gasteiger partial charge in [0, 0.05) is 17.8 Å². The third kappa shape index (κ3) is 3.28. The Morgan fingerprint density at radius 1 is 1.19 bits per heavy atom. The lowest BCUT2D eigenvalue weighted by atomic mass is 9.75. The molecule has 6 heteroatoms.